The van der Waals surface area contributed by atoms with Crippen molar-refractivity contribution in [3.63, 3.8) is 0 Å². The first-order valence-corrected chi connectivity index (χ1v) is 7.87. The third-order valence-electron chi connectivity index (χ3n) is 3.59. The molecule has 4 nitrogen and oxygen atoms in total. The molecule has 2 aromatic rings. The van der Waals surface area contributed by atoms with Crippen molar-refractivity contribution in [1.29, 1.82) is 0 Å². The lowest BCUT2D eigenvalue weighted by atomic mass is 10.1. The summed E-state index contributed by atoms with van der Waals surface area (Å²) >= 11 is 0. The second kappa shape index (κ2) is 8.11. The van der Waals surface area contributed by atoms with Crippen LogP contribution >= 0.6 is 0 Å². The molecule has 0 heterocycles. The van der Waals surface area contributed by atoms with Crippen LogP contribution in [0, 0.1) is 6.92 Å². The van der Waals surface area contributed by atoms with Crippen molar-refractivity contribution in [1.82, 2.24) is 5.32 Å². The smallest absolute Gasteiger partial charge is 0.244 e. The average Bonchev–Trinajstić information content (AvgIpc) is 2.54. The lowest BCUT2D eigenvalue weighted by molar-refractivity contribution is -0.117. The van der Waals surface area contributed by atoms with Gasteiger partial charge in [0.25, 0.3) is 0 Å². The Morgan fingerprint density at radius 3 is 2.21 bits per heavy atom. The Kier molecular flexibility index (Phi) is 5.90. The summed E-state index contributed by atoms with van der Waals surface area (Å²) in [6, 6.07) is 15.3. The monoisotopic (exact) mass is 322 g/mol. The van der Waals surface area contributed by atoms with Crippen molar-refractivity contribution < 1.29 is 9.59 Å². The second-order valence-corrected chi connectivity index (χ2v) is 5.78. The highest BCUT2D eigenvalue weighted by Gasteiger charge is 2.06. The van der Waals surface area contributed by atoms with Gasteiger partial charge in [-0.05, 0) is 43.2 Å². The highest BCUT2D eigenvalue weighted by atomic mass is 16.2. The van der Waals surface area contributed by atoms with Crippen LogP contribution in [0.1, 0.15) is 36.6 Å². The molecule has 0 aliphatic heterocycles. The number of nitrogens with one attached hydrogen (secondary N) is 2. The Morgan fingerprint density at radius 1 is 1.00 bits per heavy atom. The van der Waals surface area contributed by atoms with Crippen LogP contribution in [0.5, 0.6) is 0 Å². The predicted molar refractivity (Wildman–Crippen MR) is 97.5 cm³/mol. The van der Waals surface area contributed by atoms with E-state index in [2.05, 4.69) is 10.6 Å². The number of aryl methyl sites for hydroxylation is 1. The van der Waals surface area contributed by atoms with Crippen LogP contribution in [-0.2, 0) is 9.59 Å². The van der Waals surface area contributed by atoms with Crippen molar-refractivity contribution in [3.8, 4) is 0 Å². The van der Waals surface area contributed by atoms with Crippen LogP contribution in [0.3, 0.4) is 0 Å². The minimum Gasteiger partial charge on any atom is -0.346 e. The maximum absolute atomic E-state index is 12.0. The minimum atomic E-state index is -0.144. The molecule has 0 saturated heterocycles. The molecule has 0 bridgehead atoms. The largest absolute Gasteiger partial charge is 0.346 e. The Bertz CT molecular complexity index is 731. The van der Waals surface area contributed by atoms with Gasteiger partial charge in [-0.15, -0.1) is 0 Å². The average molecular weight is 322 g/mol. The molecule has 2 aromatic carbocycles. The number of hydrogen-bond acceptors (Lipinski definition) is 2. The summed E-state index contributed by atoms with van der Waals surface area (Å²) in [5, 5.41) is 5.64. The summed E-state index contributed by atoms with van der Waals surface area (Å²) in [6.45, 7) is 5.46. The van der Waals surface area contributed by atoms with E-state index in [1.54, 1.807) is 18.2 Å². The zero-order valence-electron chi connectivity index (χ0n) is 14.2. The third-order valence-corrected chi connectivity index (χ3v) is 3.59. The fraction of sp³-hybridized carbons (Fsp3) is 0.200. The van der Waals surface area contributed by atoms with E-state index >= 15 is 0 Å². The van der Waals surface area contributed by atoms with Gasteiger partial charge in [-0.3, -0.25) is 9.59 Å². The Morgan fingerprint density at radius 2 is 1.62 bits per heavy atom. The number of benzene rings is 2. The number of rotatable bonds is 5. The van der Waals surface area contributed by atoms with E-state index in [4.69, 9.17) is 0 Å². The Hall–Kier alpha value is -2.88. The fourth-order valence-electron chi connectivity index (χ4n) is 2.25. The van der Waals surface area contributed by atoms with E-state index in [1.165, 1.54) is 18.6 Å². The second-order valence-electron chi connectivity index (χ2n) is 5.78. The number of amides is 2. The minimum absolute atomic E-state index is 0.0510. The summed E-state index contributed by atoms with van der Waals surface area (Å²) in [7, 11) is 0. The summed E-state index contributed by atoms with van der Waals surface area (Å²) < 4.78 is 0. The van der Waals surface area contributed by atoms with Gasteiger partial charge in [-0.2, -0.15) is 0 Å². The van der Waals surface area contributed by atoms with Gasteiger partial charge in [0, 0.05) is 18.7 Å². The molecule has 1 atom stereocenters. The number of hydrogen-bond donors (Lipinski definition) is 2. The topological polar surface area (TPSA) is 58.2 Å². The Balaban J connectivity index is 1.92. The zero-order valence-corrected chi connectivity index (χ0v) is 14.2. The molecule has 0 fully saturated rings. The first kappa shape index (κ1) is 17.5. The molecule has 0 aliphatic rings. The number of carbonyl (C=O) groups is 2. The van der Waals surface area contributed by atoms with E-state index in [9.17, 15) is 9.59 Å². The maximum atomic E-state index is 12.0. The molecule has 4 heteroatoms. The van der Waals surface area contributed by atoms with Gasteiger partial charge in [0.1, 0.15) is 0 Å². The van der Waals surface area contributed by atoms with E-state index < -0.39 is 0 Å². The van der Waals surface area contributed by atoms with Gasteiger partial charge in [0.2, 0.25) is 11.8 Å². The van der Waals surface area contributed by atoms with Crippen LogP contribution in [0.2, 0.25) is 0 Å². The van der Waals surface area contributed by atoms with Crippen LogP contribution in [0.25, 0.3) is 6.08 Å². The molecule has 2 rings (SSSR count). The first-order chi connectivity index (χ1) is 11.4. The van der Waals surface area contributed by atoms with Crippen LogP contribution in [0.4, 0.5) is 5.69 Å². The molecule has 0 radical (unpaired) electrons. The molecule has 1 unspecified atom stereocenters. The standard InChI is InChI=1S/C20H22N2O2/c1-14-4-9-18(10-5-14)15(2)21-20(24)13-8-17-6-11-19(12-7-17)22-16(3)23/h4-13,15H,1-3H3,(H,21,24)(H,22,23)/b13-8+. The molecular formula is C20H22N2O2. The van der Waals surface area contributed by atoms with Gasteiger partial charge in [-0.1, -0.05) is 42.0 Å². The van der Waals surface area contributed by atoms with E-state index in [0.717, 1.165) is 16.8 Å². The lowest BCUT2D eigenvalue weighted by Crippen LogP contribution is -2.24. The SMILES string of the molecule is CC(=O)Nc1ccc(/C=C/C(=O)NC(C)c2ccc(C)cc2)cc1. The quantitative estimate of drug-likeness (QED) is 0.822. The van der Waals surface area contributed by atoms with Crippen LogP contribution < -0.4 is 10.6 Å². The zero-order chi connectivity index (χ0) is 17.5. The molecule has 2 N–H and O–H groups in total. The maximum Gasteiger partial charge on any atom is 0.244 e. The van der Waals surface area contributed by atoms with Crippen molar-refractivity contribution >= 4 is 23.6 Å². The molecule has 0 saturated carbocycles. The van der Waals surface area contributed by atoms with Gasteiger partial charge >= 0.3 is 0 Å². The molecule has 24 heavy (non-hydrogen) atoms. The molecule has 124 valence electrons. The molecule has 0 spiro atoms. The van der Waals surface area contributed by atoms with Crippen molar-refractivity contribution in [2.24, 2.45) is 0 Å². The van der Waals surface area contributed by atoms with Crippen molar-refractivity contribution in [3.05, 3.63) is 71.3 Å². The van der Waals surface area contributed by atoms with Crippen molar-refractivity contribution in [2.75, 3.05) is 5.32 Å². The van der Waals surface area contributed by atoms with Crippen LogP contribution in [-0.4, -0.2) is 11.8 Å². The highest BCUT2D eigenvalue weighted by Crippen LogP contribution is 2.13. The van der Waals surface area contributed by atoms with Crippen LogP contribution in [0.15, 0.2) is 54.6 Å². The van der Waals surface area contributed by atoms with E-state index in [0.29, 0.717) is 0 Å². The van der Waals surface area contributed by atoms with E-state index in [1.807, 2.05) is 50.2 Å². The highest BCUT2D eigenvalue weighted by molar-refractivity contribution is 5.92. The van der Waals surface area contributed by atoms with Gasteiger partial charge in [-0.25, -0.2) is 0 Å². The van der Waals surface area contributed by atoms with Gasteiger partial charge in [0.05, 0.1) is 6.04 Å². The number of carbonyl (C=O) groups excluding carboxylic acids is 2. The van der Waals surface area contributed by atoms with Gasteiger partial charge < -0.3 is 10.6 Å². The predicted octanol–water partition coefficient (Wildman–Crippen LogP) is 3.84. The van der Waals surface area contributed by atoms with Crippen molar-refractivity contribution in [2.45, 2.75) is 26.8 Å². The molecular weight excluding hydrogens is 300 g/mol. The fourth-order valence-corrected chi connectivity index (χ4v) is 2.25. The Labute approximate surface area is 142 Å². The van der Waals surface area contributed by atoms with Gasteiger partial charge in [0.15, 0.2) is 0 Å². The lowest BCUT2D eigenvalue weighted by Gasteiger charge is -2.13. The number of anilines is 1. The summed E-state index contributed by atoms with van der Waals surface area (Å²) in [5.41, 5.74) is 3.89. The summed E-state index contributed by atoms with van der Waals surface area (Å²) in [6.07, 6.45) is 3.26. The normalized spacial score (nSPS) is 12.0. The molecule has 0 aromatic heterocycles. The summed E-state index contributed by atoms with van der Waals surface area (Å²) in [4.78, 5) is 23.0. The molecule has 0 aliphatic carbocycles. The summed E-state index contributed by atoms with van der Waals surface area (Å²) in [5.74, 6) is -0.253. The van der Waals surface area contributed by atoms with E-state index in [-0.39, 0.29) is 17.9 Å². The first-order valence-electron chi connectivity index (χ1n) is 7.87. The molecule has 2 amide bonds. The third kappa shape index (κ3) is 5.39.